The fourth-order valence-electron chi connectivity index (χ4n) is 2.62. The van der Waals surface area contributed by atoms with Gasteiger partial charge in [0.2, 0.25) is 0 Å². The van der Waals surface area contributed by atoms with Gasteiger partial charge in [0.05, 0.1) is 11.9 Å². The SMILES string of the molecule is CN1CCN(CCOc2cc(F)cc(NC(=O)Nc3cccnc3)c2)S1(=O)=O. The van der Waals surface area contributed by atoms with Crippen molar-refractivity contribution in [2.24, 2.45) is 0 Å². The Morgan fingerprint density at radius 1 is 1.25 bits per heavy atom. The number of carbonyl (C=O) groups excluding carboxylic acids is 1. The standard InChI is InChI=1S/C17H20FN5O4S/c1-22-5-6-23(28(22,25)26)7-8-27-16-10-13(18)9-15(11-16)21-17(24)20-14-3-2-4-19-12-14/h2-4,9-12H,5-8H2,1H3,(H2,20,21,24). The van der Waals surface area contributed by atoms with Gasteiger partial charge in [-0.15, -0.1) is 0 Å². The first-order valence-corrected chi connectivity index (χ1v) is 9.87. The Morgan fingerprint density at radius 3 is 2.71 bits per heavy atom. The monoisotopic (exact) mass is 409 g/mol. The van der Waals surface area contributed by atoms with Crippen molar-refractivity contribution in [1.29, 1.82) is 0 Å². The molecule has 0 spiro atoms. The molecule has 2 aromatic rings. The summed E-state index contributed by atoms with van der Waals surface area (Å²) in [6, 6.07) is 6.54. The number of carbonyl (C=O) groups is 1. The molecule has 0 unspecified atom stereocenters. The molecule has 1 aliphatic heterocycles. The molecule has 1 aromatic heterocycles. The average Bonchev–Trinajstić information content (AvgIpc) is 2.88. The molecular formula is C17H20FN5O4S. The molecule has 0 radical (unpaired) electrons. The Morgan fingerprint density at radius 2 is 2.04 bits per heavy atom. The Bertz CT molecular complexity index is 942. The molecule has 0 atom stereocenters. The number of anilines is 2. The number of aromatic nitrogens is 1. The maximum Gasteiger partial charge on any atom is 0.323 e. The molecule has 2 amide bonds. The lowest BCUT2D eigenvalue weighted by atomic mass is 10.3. The first-order chi connectivity index (χ1) is 13.3. The third-order valence-electron chi connectivity index (χ3n) is 4.04. The number of nitrogens with zero attached hydrogens (tertiary/aromatic N) is 3. The minimum Gasteiger partial charge on any atom is -0.492 e. The number of halogens is 1. The van der Waals surface area contributed by atoms with Crippen LogP contribution in [0.2, 0.25) is 0 Å². The van der Waals surface area contributed by atoms with Gasteiger partial charge in [0.1, 0.15) is 18.2 Å². The largest absolute Gasteiger partial charge is 0.492 e. The topological polar surface area (TPSA) is 104 Å². The van der Waals surface area contributed by atoms with Crippen molar-refractivity contribution in [2.75, 3.05) is 43.9 Å². The third-order valence-corrected chi connectivity index (χ3v) is 6.03. The maximum absolute atomic E-state index is 13.8. The van der Waals surface area contributed by atoms with Gasteiger partial charge in [-0.2, -0.15) is 17.0 Å². The second-order valence-electron chi connectivity index (χ2n) is 6.07. The lowest BCUT2D eigenvalue weighted by Gasteiger charge is -2.16. The van der Waals surface area contributed by atoms with Crippen molar-refractivity contribution in [2.45, 2.75) is 0 Å². The van der Waals surface area contributed by atoms with E-state index < -0.39 is 22.1 Å². The van der Waals surface area contributed by atoms with Gasteiger partial charge in [-0.05, 0) is 18.2 Å². The zero-order chi connectivity index (χ0) is 20.1. The molecule has 3 rings (SSSR count). The van der Waals surface area contributed by atoms with E-state index in [1.807, 2.05) is 0 Å². The van der Waals surface area contributed by atoms with Crippen LogP contribution in [0.25, 0.3) is 0 Å². The van der Waals surface area contributed by atoms with E-state index >= 15 is 0 Å². The summed E-state index contributed by atoms with van der Waals surface area (Å²) in [5.74, 6) is -0.413. The summed E-state index contributed by atoms with van der Waals surface area (Å²) in [4.78, 5) is 15.9. The summed E-state index contributed by atoms with van der Waals surface area (Å²) in [6.07, 6.45) is 3.05. The molecule has 0 bridgehead atoms. The number of pyridine rings is 1. The highest BCUT2D eigenvalue weighted by Gasteiger charge is 2.33. The highest BCUT2D eigenvalue weighted by atomic mass is 32.2. The van der Waals surface area contributed by atoms with E-state index in [2.05, 4.69) is 15.6 Å². The van der Waals surface area contributed by atoms with Crippen molar-refractivity contribution < 1.29 is 22.3 Å². The van der Waals surface area contributed by atoms with Gasteiger partial charge in [-0.1, -0.05) is 0 Å². The molecule has 0 aliphatic carbocycles. The molecule has 1 aromatic carbocycles. The molecule has 11 heteroatoms. The van der Waals surface area contributed by atoms with Crippen LogP contribution in [0.4, 0.5) is 20.6 Å². The first kappa shape index (κ1) is 20.0. The van der Waals surface area contributed by atoms with Crippen LogP contribution in [0, 0.1) is 5.82 Å². The number of hydrogen-bond acceptors (Lipinski definition) is 5. The second kappa shape index (κ2) is 8.50. The minimum atomic E-state index is -3.44. The van der Waals surface area contributed by atoms with Gasteiger partial charge in [0, 0.05) is 50.7 Å². The Kier molecular flexibility index (Phi) is 6.07. The highest BCUT2D eigenvalue weighted by molar-refractivity contribution is 7.87. The second-order valence-corrected chi connectivity index (χ2v) is 8.11. The smallest absolute Gasteiger partial charge is 0.323 e. The first-order valence-electron chi connectivity index (χ1n) is 8.47. The van der Waals surface area contributed by atoms with E-state index in [4.69, 9.17) is 4.74 Å². The van der Waals surface area contributed by atoms with E-state index in [9.17, 15) is 17.6 Å². The summed E-state index contributed by atoms with van der Waals surface area (Å²) < 4.78 is 45.8. The number of likely N-dealkylation sites (N-methyl/N-ethyl adjacent to an activating group) is 1. The number of ether oxygens (including phenoxy) is 1. The highest BCUT2D eigenvalue weighted by Crippen LogP contribution is 2.21. The van der Waals surface area contributed by atoms with Gasteiger partial charge in [-0.3, -0.25) is 4.98 Å². The van der Waals surface area contributed by atoms with E-state index in [0.29, 0.717) is 18.8 Å². The predicted molar refractivity (Wildman–Crippen MR) is 102 cm³/mol. The predicted octanol–water partition coefficient (Wildman–Crippen LogP) is 1.74. The summed E-state index contributed by atoms with van der Waals surface area (Å²) in [5.41, 5.74) is 0.689. The van der Waals surface area contributed by atoms with Gasteiger partial charge in [0.15, 0.2) is 0 Å². The minimum absolute atomic E-state index is 0.0534. The van der Waals surface area contributed by atoms with Crippen molar-refractivity contribution in [3.8, 4) is 5.75 Å². The molecule has 9 nitrogen and oxygen atoms in total. The Hall–Kier alpha value is -2.76. The molecule has 150 valence electrons. The van der Waals surface area contributed by atoms with Crippen molar-refractivity contribution in [3.63, 3.8) is 0 Å². The lowest BCUT2D eigenvalue weighted by molar-refractivity contribution is 0.262. The maximum atomic E-state index is 13.8. The summed E-state index contributed by atoms with van der Waals surface area (Å²) >= 11 is 0. The van der Waals surface area contributed by atoms with E-state index in [-0.39, 0.29) is 24.6 Å². The fourth-order valence-corrected chi connectivity index (χ4v) is 3.95. The zero-order valence-electron chi connectivity index (χ0n) is 15.1. The molecule has 2 heterocycles. The average molecular weight is 409 g/mol. The van der Waals surface area contributed by atoms with Crippen molar-refractivity contribution >= 4 is 27.6 Å². The van der Waals surface area contributed by atoms with E-state index in [1.165, 1.54) is 27.9 Å². The number of hydrogen-bond donors (Lipinski definition) is 2. The van der Waals surface area contributed by atoms with Gasteiger partial charge in [-0.25, -0.2) is 9.18 Å². The lowest BCUT2D eigenvalue weighted by Crippen LogP contribution is -2.33. The van der Waals surface area contributed by atoms with Gasteiger partial charge < -0.3 is 15.4 Å². The molecule has 0 saturated carbocycles. The Labute approximate surface area is 162 Å². The number of amides is 2. The van der Waals surface area contributed by atoms with E-state index in [0.717, 1.165) is 12.1 Å². The number of benzene rings is 1. The molecular weight excluding hydrogens is 389 g/mol. The van der Waals surface area contributed by atoms with Gasteiger partial charge in [0.25, 0.3) is 10.2 Å². The molecule has 1 saturated heterocycles. The van der Waals surface area contributed by atoms with Crippen molar-refractivity contribution in [3.05, 3.63) is 48.5 Å². The summed E-state index contributed by atoms with van der Waals surface area (Å²) in [7, 11) is -1.93. The fraction of sp³-hybridized carbons (Fsp3) is 0.294. The van der Waals surface area contributed by atoms with Crippen molar-refractivity contribution in [1.82, 2.24) is 13.6 Å². The van der Waals surface area contributed by atoms with Crippen LogP contribution >= 0.6 is 0 Å². The third kappa shape index (κ3) is 4.94. The zero-order valence-corrected chi connectivity index (χ0v) is 15.9. The summed E-state index contributed by atoms with van der Waals surface area (Å²) in [5, 5.41) is 5.08. The Balaban J connectivity index is 1.56. The molecule has 1 fully saturated rings. The molecule has 2 N–H and O–H groups in total. The van der Waals surface area contributed by atoms with Crippen LogP contribution in [0.5, 0.6) is 5.75 Å². The number of urea groups is 1. The van der Waals surface area contributed by atoms with Gasteiger partial charge >= 0.3 is 6.03 Å². The molecule has 28 heavy (non-hydrogen) atoms. The molecule has 1 aliphatic rings. The number of nitrogens with one attached hydrogen (secondary N) is 2. The quantitative estimate of drug-likeness (QED) is 0.756. The van der Waals surface area contributed by atoms with Crippen LogP contribution in [0.15, 0.2) is 42.7 Å². The van der Waals surface area contributed by atoms with Crippen LogP contribution in [-0.4, -0.2) is 61.3 Å². The van der Waals surface area contributed by atoms with Crippen LogP contribution < -0.4 is 15.4 Å². The number of rotatable bonds is 6. The normalized spacial score (nSPS) is 16.6. The van der Waals surface area contributed by atoms with Crippen LogP contribution in [-0.2, 0) is 10.2 Å². The van der Waals surface area contributed by atoms with Crippen LogP contribution in [0.3, 0.4) is 0 Å². The van der Waals surface area contributed by atoms with Crippen LogP contribution in [0.1, 0.15) is 0 Å². The summed E-state index contributed by atoms with van der Waals surface area (Å²) in [6.45, 7) is 1.00. The van der Waals surface area contributed by atoms with E-state index in [1.54, 1.807) is 18.3 Å².